The van der Waals surface area contributed by atoms with Crippen molar-refractivity contribution in [2.75, 3.05) is 5.32 Å². The number of nitrogens with one attached hydrogen (secondary N) is 1. The number of hydrogen-bond acceptors (Lipinski definition) is 5. The first-order chi connectivity index (χ1) is 12.5. The van der Waals surface area contributed by atoms with Crippen LogP contribution in [0.2, 0.25) is 0 Å². The molecule has 1 N–H and O–H groups in total. The van der Waals surface area contributed by atoms with E-state index in [1.165, 1.54) is 6.92 Å². The summed E-state index contributed by atoms with van der Waals surface area (Å²) in [7, 11) is 0. The molecular formula is C19H20N4O3. The van der Waals surface area contributed by atoms with Crippen LogP contribution in [0.3, 0.4) is 0 Å². The molecule has 0 fully saturated rings. The van der Waals surface area contributed by atoms with E-state index in [0.717, 1.165) is 5.39 Å². The number of anilines is 1. The van der Waals surface area contributed by atoms with Gasteiger partial charge in [0.2, 0.25) is 0 Å². The van der Waals surface area contributed by atoms with E-state index in [-0.39, 0.29) is 11.7 Å². The largest absolute Gasteiger partial charge is 0.448 e. The van der Waals surface area contributed by atoms with Gasteiger partial charge in [-0.25, -0.2) is 14.5 Å². The first-order valence-electron chi connectivity index (χ1n) is 8.37. The second kappa shape index (κ2) is 7.35. The maximum atomic E-state index is 12.3. The molecule has 0 radical (unpaired) electrons. The number of rotatable bonds is 5. The number of pyridine rings is 1. The maximum Gasteiger partial charge on any atom is 0.357 e. The van der Waals surface area contributed by atoms with Crippen LogP contribution < -0.4 is 5.32 Å². The molecule has 2 heterocycles. The van der Waals surface area contributed by atoms with Gasteiger partial charge < -0.3 is 10.1 Å². The summed E-state index contributed by atoms with van der Waals surface area (Å²) in [5.41, 5.74) is 0.857. The Balaban J connectivity index is 1.67. The van der Waals surface area contributed by atoms with Crippen LogP contribution in [-0.4, -0.2) is 32.7 Å². The van der Waals surface area contributed by atoms with Gasteiger partial charge >= 0.3 is 5.97 Å². The van der Waals surface area contributed by atoms with E-state index in [2.05, 4.69) is 15.4 Å². The smallest absolute Gasteiger partial charge is 0.357 e. The average molecular weight is 352 g/mol. The molecule has 7 nitrogen and oxygen atoms in total. The minimum absolute atomic E-state index is 0.0972. The first-order valence-corrected chi connectivity index (χ1v) is 8.37. The topological polar surface area (TPSA) is 86.1 Å². The molecule has 0 spiro atoms. The number of amides is 1. The second-order valence-electron chi connectivity index (χ2n) is 6.18. The molecule has 0 unspecified atom stereocenters. The van der Waals surface area contributed by atoms with Crippen molar-refractivity contribution in [2.45, 2.75) is 32.9 Å². The zero-order chi connectivity index (χ0) is 18.7. The highest BCUT2D eigenvalue weighted by molar-refractivity contribution is 5.97. The number of aromatic nitrogens is 3. The maximum absolute atomic E-state index is 12.3. The predicted octanol–water partition coefficient (Wildman–Crippen LogP) is 3.20. The molecule has 0 saturated heterocycles. The summed E-state index contributed by atoms with van der Waals surface area (Å²) >= 11 is 0. The lowest BCUT2D eigenvalue weighted by Gasteiger charge is -2.15. The Bertz CT molecular complexity index is 949. The highest BCUT2D eigenvalue weighted by atomic mass is 16.5. The van der Waals surface area contributed by atoms with Crippen LogP contribution in [0.25, 0.3) is 10.9 Å². The Morgan fingerprint density at radius 2 is 1.85 bits per heavy atom. The SMILES string of the molecule is CC(C)n1nccc1NC(=O)[C@H](C)OC(=O)c1ccc2ccccc2n1. The van der Waals surface area contributed by atoms with Gasteiger partial charge in [-0.15, -0.1) is 0 Å². The van der Waals surface area contributed by atoms with Gasteiger partial charge in [-0.2, -0.15) is 5.10 Å². The van der Waals surface area contributed by atoms with Crippen molar-refractivity contribution in [3.05, 3.63) is 54.4 Å². The van der Waals surface area contributed by atoms with Gasteiger partial charge in [0.25, 0.3) is 5.91 Å². The van der Waals surface area contributed by atoms with Crippen molar-refractivity contribution >= 4 is 28.6 Å². The normalized spacial score (nSPS) is 12.2. The van der Waals surface area contributed by atoms with Crippen molar-refractivity contribution in [3.63, 3.8) is 0 Å². The molecule has 3 aromatic rings. The quantitative estimate of drug-likeness (QED) is 0.713. The number of esters is 1. The summed E-state index contributed by atoms with van der Waals surface area (Å²) in [5.74, 6) is -0.519. The molecule has 0 aliphatic carbocycles. The van der Waals surface area contributed by atoms with Crippen LogP contribution in [-0.2, 0) is 9.53 Å². The Morgan fingerprint density at radius 3 is 2.62 bits per heavy atom. The van der Waals surface area contributed by atoms with Crippen LogP contribution in [0.5, 0.6) is 0 Å². The lowest BCUT2D eigenvalue weighted by Crippen LogP contribution is -2.31. The molecule has 2 aromatic heterocycles. The van der Waals surface area contributed by atoms with E-state index in [1.54, 1.807) is 29.1 Å². The highest BCUT2D eigenvalue weighted by Gasteiger charge is 2.21. The third kappa shape index (κ3) is 3.72. The van der Waals surface area contributed by atoms with Crippen molar-refractivity contribution in [1.82, 2.24) is 14.8 Å². The van der Waals surface area contributed by atoms with E-state index >= 15 is 0 Å². The van der Waals surface area contributed by atoms with Gasteiger partial charge in [0.15, 0.2) is 6.10 Å². The third-order valence-electron chi connectivity index (χ3n) is 3.87. The summed E-state index contributed by atoms with van der Waals surface area (Å²) in [4.78, 5) is 28.9. The molecular weight excluding hydrogens is 332 g/mol. The fourth-order valence-corrected chi connectivity index (χ4v) is 2.51. The minimum atomic E-state index is -0.966. The number of fused-ring (bicyclic) bond motifs is 1. The Morgan fingerprint density at radius 1 is 1.08 bits per heavy atom. The lowest BCUT2D eigenvalue weighted by atomic mass is 10.2. The monoisotopic (exact) mass is 352 g/mol. The molecule has 26 heavy (non-hydrogen) atoms. The van der Waals surface area contributed by atoms with Crippen LogP contribution in [0.4, 0.5) is 5.82 Å². The number of nitrogens with zero attached hydrogens (tertiary/aromatic N) is 3. The molecule has 1 aromatic carbocycles. The standard InChI is InChI=1S/C19H20N4O3/c1-12(2)23-17(10-11-20-23)22-18(24)13(3)26-19(25)16-9-8-14-6-4-5-7-15(14)21-16/h4-13H,1-3H3,(H,22,24)/t13-/m0/s1. The zero-order valence-electron chi connectivity index (χ0n) is 14.8. The molecule has 0 bridgehead atoms. The number of carbonyl (C=O) groups is 2. The van der Waals surface area contributed by atoms with Gasteiger partial charge in [0, 0.05) is 17.5 Å². The summed E-state index contributed by atoms with van der Waals surface area (Å²) < 4.78 is 6.93. The van der Waals surface area contributed by atoms with Gasteiger partial charge in [-0.1, -0.05) is 24.3 Å². The van der Waals surface area contributed by atoms with E-state index in [0.29, 0.717) is 11.3 Å². The Hall–Kier alpha value is -3.22. The molecule has 0 aliphatic rings. The van der Waals surface area contributed by atoms with Crippen molar-refractivity contribution in [2.24, 2.45) is 0 Å². The van der Waals surface area contributed by atoms with Crippen molar-refractivity contribution < 1.29 is 14.3 Å². The number of benzene rings is 1. The van der Waals surface area contributed by atoms with Gasteiger partial charge in [-0.3, -0.25) is 4.79 Å². The number of hydrogen-bond donors (Lipinski definition) is 1. The van der Waals surface area contributed by atoms with Crippen LogP contribution in [0.1, 0.15) is 37.3 Å². The number of para-hydroxylation sites is 1. The van der Waals surface area contributed by atoms with Gasteiger partial charge in [-0.05, 0) is 32.9 Å². The molecule has 1 atom stereocenters. The molecule has 134 valence electrons. The summed E-state index contributed by atoms with van der Waals surface area (Å²) in [5, 5.41) is 7.80. The lowest BCUT2D eigenvalue weighted by molar-refractivity contribution is -0.123. The molecule has 3 rings (SSSR count). The van der Waals surface area contributed by atoms with E-state index in [9.17, 15) is 9.59 Å². The molecule has 7 heteroatoms. The van der Waals surface area contributed by atoms with Crippen molar-refractivity contribution in [3.8, 4) is 0 Å². The average Bonchev–Trinajstić information content (AvgIpc) is 3.09. The van der Waals surface area contributed by atoms with E-state index in [1.807, 2.05) is 38.1 Å². The van der Waals surface area contributed by atoms with Crippen LogP contribution >= 0.6 is 0 Å². The summed E-state index contributed by atoms with van der Waals surface area (Å²) in [6, 6.07) is 12.6. The van der Waals surface area contributed by atoms with Gasteiger partial charge in [0.05, 0.1) is 11.7 Å². The Kier molecular flexibility index (Phi) is 4.97. The van der Waals surface area contributed by atoms with Gasteiger partial charge in [0.1, 0.15) is 11.5 Å². The summed E-state index contributed by atoms with van der Waals surface area (Å²) in [6.45, 7) is 5.43. The highest BCUT2D eigenvalue weighted by Crippen LogP contribution is 2.15. The minimum Gasteiger partial charge on any atom is -0.448 e. The molecule has 0 saturated carbocycles. The second-order valence-corrected chi connectivity index (χ2v) is 6.18. The number of ether oxygens (including phenoxy) is 1. The predicted molar refractivity (Wildman–Crippen MR) is 97.9 cm³/mol. The molecule has 1 amide bonds. The van der Waals surface area contributed by atoms with E-state index < -0.39 is 18.0 Å². The van der Waals surface area contributed by atoms with E-state index in [4.69, 9.17) is 4.74 Å². The van der Waals surface area contributed by atoms with Crippen LogP contribution in [0.15, 0.2) is 48.7 Å². The number of carbonyl (C=O) groups excluding carboxylic acids is 2. The summed E-state index contributed by atoms with van der Waals surface area (Å²) in [6.07, 6.45) is 0.636. The molecule has 0 aliphatic heterocycles. The third-order valence-corrected chi connectivity index (χ3v) is 3.87. The van der Waals surface area contributed by atoms with Crippen molar-refractivity contribution in [1.29, 1.82) is 0 Å². The van der Waals surface area contributed by atoms with Crippen LogP contribution in [0, 0.1) is 0 Å². The fraction of sp³-hybridized carbons (Fsp3) is 0.263. The zero-order valence-corrected chi connectivity index (χ0v) is 14.8. The fourth-order valence-electron chi connectivity index (χ4n) is 2.51. The first kappa shape index (κ1) is 17.6. The Labute approximate surface area is 151 Å².